The molecule has 0 aromatic heterocycles. The fourth-order valence-electron chi connectivity index (χ4n) is 1.84. The lowest BCUT2D eigenvalue weighted by atomic mass is 10.1. The first-order chi connectivity index (χ1) is 8.20. The molecule has 0 bridgehead atoms. The van der Waals surface area contributed by atoms with Gasteiger partial charge in [0.2, 0.25) is 0 Å². The van der Waals surface area contributed by atoms with E-state index in [9.17, 15) is 5.11 Å². The third-order valence-corrected chi connectivity index (χ3v) is 3.04. The lowest BCUT2D eigenvalue weighted by Gasteiger charge is -2.16. The lowest BCUT2D eigenvalue weighted by Crippen LogP contribution is -2.29. The van der Waals surface area contributed by atoms with Crippen molar-refractivity contribution in [2.45, 2.75) is 31.6 Å². The average molecular weight is 237 g/mol. The van der Waals surface area contributed by atoms with E-state index in [1.54, 1.807) is 0 Å². The number of ether oxygens (including phenoxy) is 2. The van der Waals surface area contributed by atoms with Gasteiger partial charge in [0.25, 0.3) is 0 Å². The minimum Gasteiger partial charge on any atom is -0.485 e. The van der Waals surface area contributed by atoms with Gasteiger partial charge < -0.3 is 20.3 Å². The predicted molar refractivity (Wildman–Crippen MR) is 64.9 cm³/mol. The van der Waals surface area contributed by atoms with Crippen LogP contribution in [-0.4, -0.2) is 30.5 Å². The van der Waals surface area contributed by atoms with Gasteiger partial charge in [-0.15, -0.1) is 0 Å². The second-order valence-electron chi connectivity index (χ2n) is 4.34. The van der Waals surface area contributed by atoms with E-state index in [4.69, 9.17) is 15.2 Å². The maximum atomic E-state index is 9.56. The molecule has 1 aliphatic heterocycles. The van der Waals surface area contributed by atoms with Crippen LogP contribution in [-0.2, 0) is 4.74 Å². The Hall–Kier alpha value is -1.10. The van der Waals surface area contributed by atoms with Crippen LogP contribution in [0.1, 0.15) is 24.9 Å². The first kappa shape index (κ1) is 12.4. The van der Waals surface area contributed by atoms with Crippen molar-refractivity contribution in [2.24, 2.45) is 5.73 Å². The summed E-state index contributed by atoms with van der Waals surface area (Å²) in [6, 6.07) is 7.77. The molecule has 1 aliphatic rings. The number of nitrogens with two attached hydrogens (primary N) is 1. The van der Waals surface area contributed by atoms with Gasteiger partial charge in [-0.25, -0.2) is 0 Å². The Morgan fingerprint density at radius 1 is 1.41 bits per heavy atom. The van der Waals surface area contributed by atoms with Gasteiger partial charge in [0.05, 0.1) is 13.2 Å². The molecule has 3 atom stereocenters. The second kappa shape index (κ2) is 5.49. The van der Waals surface area contributed by atoms with E-state index in [1.165, 1.54) is 0 Å². The van der Waals surface area contributed by atoms with Crippen molar-refractivity contribution < 1.29 is 14.6 Å². The Kier molecular flexibility index (Phi) is 3.99. The first-order valence-corrected chi connectivity index (χ1v) is 5.98. The summed E-state index contributed by atoms with van der Waals surface area (Å²) in [6.45, 7) is 2.85. The molecule has 1 heterocycles. The Morgan fingerprint density at radius 2 is 2.12 bits per heavy atom. The maximum absolute atomic E-state index is 9.56. The molecule has 4 nitrogen and oxygen atoms in total. The highest BCUT2D eigenvalue weighted by atomic mass is 16.6. The van der Waals surface area contributed by atoms with Gasteiger partial charge in [-0.3, -0.25) is 0 Å². The number of aliphatic hydroxyl groups is 1. The fourth-order valence-corrected chi connectivity index (χ4v) is 1.84. The summed E-state index contributed by atoms with van der Waals surface area (Å²) in [6.07, 6.45) is 0.114. The molecule has 0 spiro atoms. The standard InChI is InChI=1S/C13H19NO3/c1-2-11(14)9-3-5-10(6-4-9)17-13-8-16-7-12(13)15/h3-6,11-13,15H,2,7-8,14H2,1H3/t11-,12?,13?/m0/s1. The summed E-state index contributed by atoms with van der Waals surface area (Å²) in [5.41, 5.74) is 7.03. The minimum absolute atomic E-state index is 0.0736. The van der Waals surface area contributed by atoms with Crippen molar-refractivity contribution in [1.82, 2.24) is 0 Å². The number of rotatable bonds is 4. The van der Waals surface area contributed by atoms with Crippen LogP contribution in [0, 0.1) is 0 Å². The number of hydrogen-bond acceptors (Lipinski definition) is 4. The van der Waals surface area contributed by atoms with Crippen molar-refractivity contribution >= 4 is 0 Å². The molecule has 3 N–H and O–H groups in total. The highest BCUT2D eigenvalue weighted by Gasteiger charge is 2.27. The van der Waals surface area contributed by atoms with Gasteiger partial charge in [-0.1, -0.05) is 19.1 Å². The third-order valence-electron chi connectivity index (χ3n) is 3.04. The molecule has 1 fully saturated rings. The summed E-state index contributed by atoms with van der Waals surface area (Å²) in [5.74, 6) is 0.742. The highest BCUT2D eigenvalue weighted by Crippen LogP contribution is 2.21. The lowest BCUT2D eigenvalue weighted by molar-refractivity contribution is 0.0733. The smallest absolute Gasteiger partial charge is 0.150 e. The molecule has 0 radical (unpaired) electrons. The van der Waals surface area contributed by atoms with Crippen molar-refractivity contribution in [1.29, 1.82) is 0 Å². The fraction of sp³-hybridized carbons (Fsp3) is 0.538. The van der Waals surface area contributed by atoms with Gasteiger partial charge in [0, 0.05) is 6.04 Å². The van der Waals surface area contributed by atoms with E-state index in [2.05, 4.69) is 6.92 Å². The molecule has 1 aromatic carbocycles. The van der Waals surface area contributed by atoms with E-state index in [0.717, 1.165) is 17.7 Å². The molecule has 1 aromatic rings. The molecular formula is C13H19NO3. The van der Waals surface area contributed by atoms with E-state index in [1.807, 2.05) is 24.3 Å². The van der Waals surface area contributed by atoms with E-state index in [-0.39, 0.29) is 12.1 Å². The van der Waals surface area contributed by atoms with Crippen LogP contribution in [0.5, 0.6) is 5.75 Å². The summed E-state index contributed by atoms with van der Waals surface area (Å²) >= 11 is 0. The van der Waals surface area contributed by atoms with Crippen LogP contribution >= 0.6 is 0 Å². The Morgan fingerprint density at radius 3 is 2.65 bits per heavy atom. The quantitative estimate of drug-likeness (QED) is 0.826. The summed E-state index contributed by atoms with van der Waals surface area (Å²) in [7, 11) is 0. The molecule has 17 heavy (non-hydrogen) atoms. The summed E-state index contributed by atoms with van der Waals surface area (Å²) in [4.78, 5) is 0. The van der Waals surface area contributed by atoms with E-state index in [0.29, 0.717) is 13.2 Å². The first-order valence-electron chi connectivity index (χ1n) is 5.98. The predicted octanol–water partition coefficient (Wildman–Crippen LogP) is 1.23. The highest BCUT2D eigenvalue weighted by molar-refractivity contribution is 5.29. The third kappa shape index (κ3) is 2.97. The SMILES string of the molecule is CC[C@H](N)c1ccc(OC2COCC2O)cc1. The molecule has 2 rings (SSSR count). The zero-order valence-corrected chi connectivity index (χ0v) is 10.0. The Bertz CT molecular complexity index is 352. The average Bonchev–Trinajstić information content (AvgIpc) is 2.75. The molecule has 1 saturated heterocycles. The molecule has 0 aliphatic carbocycles. The monoisotopic (exact) mass is 237 g/mol. The summed E-state index contributed by atoms with van der Waals surface area (Å²) < 4.78 is 10.8. The molecule has 0 amide bonds. The maximum Gasteiger partial charge on any atom is 0.150 e. The summed E-state index contributed by atoms with van der Waals surface area (Å²) in [5, 5.41) is 9.56. The van der Waals surface area contributed by atoms with Crippen LogP contribution in [0.25, 0.3) is 0 Å². The van der Waals surface area contributed by atoms with E-state index >= 15 is 0 Å². The van der Waals surface area contributed by atoms with Crippen molar-refractivity contribution in [3.63, 3.8) is 0 Å². The van der Waals surface area contributed by atoms with Gasteiger partial charge in [0.1, 0.15) is 18.0 Å². The van der Waals surface area contributed by atoms with Crippen LogP contribution in [0.15, 0.2) is 24.3 Å². The number of benzene rings is 1. The van der Waals surface area contributed by atoms with Crippen LogP contribution in [0.3, 0.4) is 0 Å². The van der Waals surface area contributed by atoms with E-state index < -0.39 is 6.10 Å². The molecular weight excluding hydrogens is 218 g/mol. The Balaban J connectivity index is 1.98. The van der Waals surface area contributed by atoms with Crippen molar-refractivity contribution in [3.05, 3.63) is 29.8 Å². The minimum atomic E-state index is -0.535. The zero-order chi connectivity index (χ0) is 12.3. The molecule has 0 saturated carbocycles. The van der Waals surface area contributed by atoms with Crippen LogP contribution in [0.4, 0.5) is 0 Å². The van der Waals surface area contributed by atoms with Gasteiger partial charge in [0.15, 0.2) is 0 Å². The van der Waals surface area contributed by atoms with Gasteiger partial charge in [-0.05, 0) is 24.1 Å². The number of aliphatic hydroxyl groups excluding tert-OH is 1. The second-order valence-corrected chi connectivity index (χ2v) is 4.34. The Labute approximate surface area is 101 Å². The van der Waals surface area contributed by atoms with Crippen molar-refractivity contribution in [3.8, 4) is 5.75 Å². The topological polar surface area (TPSA) is 64.7 Å². The van der Waals surface area contributed by atoms with Crippen LogP contribution in [0.2, 0.25) is 0 Å². The normalized spacial score (nSPS) is 25.8. The van der Waals surface area contributed by atoms with Gasteiger partial charge >= 0.3 is 0 Å². The molecule has 94 valence electrons. The molecule has 2 unspecified atom stereocenters. The zero-order valence-electron chi connectivity index (χ0n) is 10.0. The van der Waals surface area contributed by atoms with Gasteiger partial charge in [-0.2, -0.15) is 0 Å². The van der Waals surface area contributed by atoms with Crippen molar-refractivity contribution in [2.75, 3.05) is 13.2 Å². The number of hydrogen-bond donors (Lipinski definition) is 2. The molecule has 4 heteroatoms. The van der Waals surface area contributed by atoms with Crippen LogP contribution < -0.4 is 10.5 Å². The largest absolute Gasteiger partial charge is 0.485 e.